The molecule has 84 valence electrons. The molecule has 0 spiro atoms. The average Bonchev–Trinajstić information content (AvgIpc) is 2.09. The number of aromatic hydroxyl groups is 2. The van der Waals surface area contributed by atoms with E-state index in [1.807, 2.05) is 0 Å². The third-order valence-corrected chi connectivity index (χ3v) is 1.09. The molecule has 0 saturated heterocycles. The van der Waals surface area contributed by atoms with Crippen molar-refractivity contribution < 1.29 is 33.3 Å². The van der Waals surface area contributed by atoms with Gasteiger partial charge in [0.15, 0.2) is 0 Å². The largest absolute Gasteiger partial charge is 0.508 e. The highest BCUT2D eigenvalue weighted by Gasteiger charge is 2.38. The summed E-state index contributed by atoms with van der Waals surface area (Å²) in [5.41, 5.74) is 0. The number of benzene rings is 1. The van der Waals surface area contributed by atoms with Crippen LogP contribution in [0.15, 0.2) is 24.3 Å². The number of phenolic OH excluding ortho intramolecular Hbond substituents is 2. The highest BCUT2D eigenvalue weighted by Crippen LogP contribution is 2.13. The molecule has 4 nitrogen and oxygen atoms in total. The van der Waals surface area contributed by atoms with Crippen molar-refractivity contribution in [2.24, 2.45) is 0 Å². The number of carboxylic acids is 1. The minimum Gasteiger partial charge on any atom is -0.508 e. The molecule has 1 rings (SSSR count). The lowest BCUT2D eigenvalue weighted by Crippen LogP contribution is -2.21. The van der Waals surface area contributed by atoms with Crippen LogP contribution in [-0.4, -0.2) is 27.5 Å². The smallest absolute Gasteiger partial charge is 0.490 e. The number of rotatable bonds is 0. The van der Waals surface area contributed by atoms with Crippen molar-refractivity contribution in [2.45, 2.75) is 6.18 Å². The predicted octanol–water partition coefficient (Wildman–Crippen LogP) is 1.73. The number of halogens is 3. The second-order valence-electron chi connectivity index (χ2n) is 2.32. The van der Waals surface area contributed by atoms with Gasteiger partial charge in [0, 0.05) is 0 Å². The Kier molecular flexibility index (Phi) is 4.43. The monoisotopic (exact) mass is 224 g/mol. The number of carboxylic acid groups (broad SMARTS) is 1. The van der Waals surface area contributed by atoms with E-state index < -0.39 is 12.1 Å². The highest BCUT2D eigenvalue weighted by molar-refractivity contribution is 5.73. The minimum absolute atomic E-state index is 0.169. The van der Waals surface area contributed by atoms with E-state index >= 15 is 0 Å². The maximum absolute atomic E-state index is 10.6. The van der Waals surface area contributed by atoms with E-state index in [1.54, 1.807) is 0 Å². The molecule has 0 aromatic heterocycles. The number of aliphatic carboxylic acids is 1. The summed E-state index contributed by atoms with van der Waals surface area (Å²) >= 11 is 0. The standard InChI is InChI=1S/C6H6O2.C2HF3O2/c7-5-1-2-6(8)4-3-5;3-2(4,5)1(6)7/h1-4,7-8H;(H,6,7). The molecule has 0 unspecified atom stereocenters. The fourth-order valence-corrected chi connectivity index (χ4v) is 0.453. The number of hydrogen-bond acceptors (Lipinski definition) is 3. The fourth-order valence-electron chi connectivity index (χ4n) is 0.453. The van der Waals surface area contributed by atoms with Gasteiger partial charge >= 0.3 is 12.1 Å². The molecular weight excluding hydrogens is 217 g/mol. The third kappa shape index (κ3) is 6.19. The maximum Gasteiger partial charge on any atom is 0.490 e. The Balaban J connectivity index is 0.000000265. The second-order valence-corrected chi connectivity index (χ2v) is 2.32. The van der Waals surface area contributed by atoms with Gasteiger partial charge < -0.3 is 15.3 Å². The molecule has 0 atom stereocenters. The molecule has 0 aliphatic rings. The normalized spacial score (nSPS) is 10.1. The fraction of sp³-hybridized carbons (Fsp3) is 0.125. The van der Waals surface area contributed by atoms with E-state index in [2.05, 4.69) is 0 Å². The van der Waals surface area contributed by atoms with Gasteiger partial charge in [-0.2, -0.15) is 13.2 Å². The van der Waals surface area contributed by atoms with Crippen molar-refractivity contribution in [1.82, 2.24) is 0 Å². The molecule has 0 saturated carbocycles. The van der Waals surface area contributed by atoms with Crippen molar-refractivity contribution in [3.05, 3.63) is 24.3 Å². The van der Waals surface area contributed by atoms with Gasteiger partial charge in [-0.25, -0.2) is 4.79 Å². The van der Waals surface area contributed by atoms with E-state index in [9.17, 15) is 13.2 Å². The molecule has 0 amide bonds. The summed E-state index contributed by atoms with van der Waals surface area (Å²) in [6.45, 7) is 0. The molecule has 15 heavy (non-hydrogen) atoms. The van der Waals surface area contributed by atoms with Crippen molar-refractivity contribution in [1.29, 1.82) is 0 Å². The lowest BCUT2D eigenvalue weighted by Gasteiger charge is -1.93. The molecule has 0 radical (unpaired) electrons. The van der Waals surface area contributed by atoms with Crippen LogP contribution in [0.4, 0.5) is 13.2 Å². The van der Waals surface area contributed by atoms with Gasteiger partial charge in [0.25, 0.3) is 0 Å². The van der Waals surface area contributed by atoms with Gasteiger partial charge in [0.2, 0.25) is 0 Å². The lowest BCUT2D eigenvalue weighted by atomic mass is 10.3. The van der Waals surface area contributed by atoms with Crippen LogP contribution < -0.4 is 0 Å². The van der Waals surface area contributed by atoms with Crippen molar-refractivity contribution >= 4 is 5.97 Å². The van der Waals surface area contributed by atoms with Gasteiger partial charge in [0.05, 0.1) is 0 Å². The lowest BCUT2D eigenvalue weighted by molar-refractivity contribution is -0.192. The molecule has 0 aliphatic carbocycles. The van der Waals surface area contributed by atoms with Crippen LogP contribution in [0.5, 0.6) is 11.5 Å². The number of phenols is 2. The number of alkyl halides is 3. The first kappa shape index (κ1) is 13.1. The zero-order valence-corrected chi connectivity index (χ0v) is 7.19. The van der Waals surface area contributed by atoms with Crippen molar-refractivity contribution in [2.75, 3.05) is 0 Å². The van der Waals surface area contributed by atoms with Crippen LogP contribution in [0.2, 0.25) is 0 Å². The first-order valence-corrected chi connectivity index (χ1v) is 3.51. The summed E-state index contributed by atoms with van der Waals surface area (Å²) < 4.78 is 31.7. The quantitative estimate of drug-likeness (QED) is 0.586. The van der Waals surface area contributed by atoms with Gasteiger partial charge in [-0.15, -0.1) is 0 Å². The van der Waals surface area contributed by atoms with E-state index in [0.29, 0.717) is 0 Å². The zero-order chi connectivity index (χ0) is 12.1. The third-order valence-electron chi connectivity index (χ3n) is 1.09. The van der Waals surface area contributed by atoms with E-state index in [4.69, 9.17) is 20.1 Å². The molecule has 7 heteroatoms. The second kappa shape index (κ2) is 5.08. The summed E-state index contributed by atoms with van der Waals surface area (Å²) in [5.74, 6) is -2.42. The molecule has 0 fully saturated rings. The first-order valence-electron chi connectivity index (χ1n) is 3.51. The maximum atomic E-state index is 10.6. The summed E-state index contributed by atoms with van der Waals surface area (Å²) in [6, 6.07) is 5.70. The Hall–Kier alpha value is -1.92. The van der Waals surface area contributed by atoms with Gasteiger partial charge in [-0.3, -0.25) is 0 Å². The number of hydrogen-bond donors (Lipinski definition) is 3. The zero-order valence-electron chi connectivity index (χ0n) is 7.19. The van der Waals surface area contributed by atoms with Crippen LogP contribution in [0.3, 0.4) is 0 Å². The Morgan fingerprint density at radius 2 is 1.20 bits per heavy atom. The highest BCUT2D eigenvalue weighted by atomic mass is 19.4. The molecule has 0 bridgehead atoms. The molecule has 0 heterocycles. The van der Waals surface area contributed by atoms with Gasteiger partial charge in [-0.05, 0) is 24.3 Å². The Bertz CT molecular complexity index is 297. The predicted molar refractivity (Wildman–Crippen MR) is 43.5 cm³/mol. The summed E-state index contributed by atoms with van der Waals surface area (Å²) in [7, 11) is 0. The van der Waals surface area contributed by atoms with Crippen LogP contribution in [-0.2, 0) is 4.79 Å². The van der Waals surface area contributed by atoms with Gasteiger partial charge in [-0.1, -0.05) is 0 Å². The van der Waals surface area contributed by atoms with Crippen molar-refractivity contribution in [3.8, 4) is 11.5 Å². The Morgan fingerprint density at radius 1 is 1.00 bits per heavy atom. The first-order chi connectivity index (χ1) is 6.73. The van der Waals surface area contributed by atoms with E-state index in [0.717, 1.165) is 0 Å². The summed E-state index contributed by atoms with van der Waals surface area (Å²) in [4.78, 5) is 8.90. The molecule has 0 aliphatic heterocycles. The number of carbonyl (C=O) groups is 1. The molecule has 3 N–H and O–H groups in total. The summed E-state index contributed by atoms with van der Waals surface area (Å²) in [5, 5.41) is 24.4. The molecular formula is C8H7F3O4. The molecule has 1 aromatic carbocycles. The average molecular weight is 224 g/mol. The molecule has 1 aromatic rings. The van der Waals surface area contributed by atoms with Crippen LogP contribution in [0.25, 0.3) is 0 Å². The Labute approximate surface area is 82.2 Å². The minimum atomic E-state index is -5.08. The Morgan fingerprint density at radius 3 is 1.33 bits per heavy atom. The van der Waals surface area contributed by atoms with Crippen LogP contribution in [0, 0.1) is 0 Å². The van der Waals surface area contributed by atoms with Crippen molar-refractivity contribution in [3.63, 3.8) is 0 Å². The topological polar surface area (TPSA) is 77.8 Å². The summed E-state index contributed by atoms with van der Waals surface area (Å²) in [6.07, 6.45) is -5.08. The van der Waals surface area contributed by atoms with Crippen LogP contribution >= 0.6 is 0 Å². The van der Waals surface area contributed by atoms with E-state index in [-0.39, 0.29) is 11.5 Å². The van der Waals surface area contributed by atoms with Crippen LogP contribution in [0.1, 0.15) is 0 Å². The van der Waals surface area contributed by atoms with E-state index in [1.165, 1.54) is 24.3 Å². The van der Waals surface area contributed by atoms with Gasteiger partial charge in [0.1, 0.15) is 11.5 Å². The SMILES string of the molecule is O=C(O)C(F)(F)F.Oc1ccc(O)cc1.